The van der Waals surface area contributed by atoms with Gasteiger partial charge >= 0.3 is 6.18 Å². The van der Waals surface area contributed by atoms with E-state index in [9.17, 15) is 31.4 Å². The summed E-state index contributed by atoms with van der Waals surface area (Å²) in [5.41, 5.74) is 0.759. The number of rotatable bonds is 8. The molecule has 0 aliphatic carbocycles. The van der Waals surface area contributed by atoms with Gasteiger partial charge in [0, 0.05) is 16.1 Å². The predicted molar refractivity (Wildman–Crippen MR) is 131 cm³/mol. The van der Waals surface area contributed by atoms with Crippen LogP contribution in [0.1, 0.15) is 21.5 Å². The molecule has 0 heterocycles. The van der Waals surface area contributed by atoms with E-state index in [0.29, 0.717) is 0 Å². The van der Waals surface area contributed by atoms with E-state index in [1.807, 2.05) is 0 Å². The number of hydrogen-bond acceptors (Lipinski definition) is 4. The van der Waals surface area contributed by atoms with Crippen LogP contribution in [-0.4, -0.2) is 33.7 Å². The van der Waals surface area contributed by atoms with Crippen molar-refractivity contribution in [1.29, 1.82) is 0 Å². The van der Waals surface area contributed by atoms with Crippen molar-refractivity contribution in [1.82, 2.24) is 4.72 Å². The second-order valence-electron chi connectivity index (χ2n) is 7.65. The molecule has 1 N–H and O–H groups in total. The molecule has 0 saturated carbocycles. The van der Waals surface area contributed by atoms with Crippen molar-refractivity contribution in [3.05, 3.63) is 93.2 Å². The molecule has 0 aromatic heterocycles. The molecule has 0 spiro atoms. The summed E-state index contributed by atoms with van der Waals surface area (Å²) in [4.78, 5) is 24.7. The maximum atomic E-state index is 13.1. The Bertz CT molecular complexity index is 1410. The number of ether oxygens (including phenoxy) is 1. The van der Waals surface area contributed by atoms with Gasteiger partial charge in [0.05, 0.1) is 21.2 Å². The molecule has 3 rings (SSSR count). The molecule has 0 bridgehead atoms. The molecule has 0 saturated heterocycles. The molecule has 0 radical (unpaired) electrons. The standard InChI is InChI=1S/C24H17Cl2F4NO4S/c1-36(34,13-24(28,29)30)31-22(32)10-14-8-17(25)12-19(9-14)35-21-7-4-16(11-20(21)26)23(33)15-2-5-18(27)6-3-15/h2-9,11-12H,1,10,13H2,(H,31,32,34). The molecule has 3 aromatic carbocycles. The first-order valence-corrected chi connectivity index (χ1v) is 12.7. The summed E-state index contributed by atoms with van der Waals surface area (Å²) in [7, 11) is -3.92. The lowest BCUT2D eigenvalue weighted by Gasteiger charge is -2.14. The Morgan fingerprint density at radius 3 is 2.22 bits per heavy atom. The minimum atomic E-state index is -4.76. The van der Waals surface area contributed by atoms with Crippen LogP contribution in [0.2, 0.25) is 10.0 Å². The average molecular weight is 562 g/mol. The normalized spacial score (nSPS) is 13.1. The Hall–Kier alpha value is -3.08. The van der Waals surface area contributed by atoms with E-state index >= 15 is 0 Å². The van der Waals surface area contributed by atoms with Crippen molar-refractivity contribution in [3.8, 4) is 11.5 Å². The highest BCUT2D eigenvalue weighted by Gasteiger charge is 2.32. The fraction of sp³-hybridized carbons (Fsp3) is 0.125. The van der Waals surface area contributed by atoms with Gasteiger partial charge in [-0.2, -0.15) is 13.2 Å². The highest BCUT2D eigenvalue weighted by atomic mass is 35.5. The lowest BCUT2D eigenvalue weighted by Crippen LogP contribution is -2.38. The maximum absolute atomic E-state index is 13.1. The molecule has 5 nitrogen and oxygen atoms in total. The summed E-state index contributed by atoms with van der Waals surface area (Å²) >= 11 is 12.3. The Labute approximate surface area is 214 Å². The van der Waals surface area contributed by atoms with Crippen LogP contribution in [0.25, 0.3) is 0 Å². The molecular formula is C24H17Cl2F4NO4S. The lowest BCUT2D eigenvalue weighted by molar-refractivity contribution is -0.118. The number of hydrogen-bond donors (Lipinski definition) is 1. The number of carbonyl (C=O) groups excluding carboxylic acids is 2. The van der Waals surface area contributed by atoms with E-state index < -0.39 is 39.8 Å². The average Bonchev–Trinajstić information content (AvgIpc) is 2.72. The van der Waals surface area contributed by atoms with E-state index in [4.69, 9.17) is 27.9 Å². The number of halogens is 6. The third-order valence-corrected chi connectivity index (χ3v) is 6.43. The lowest BCUT2D eigenvalue weighted by atomic mass is 10.0. The van der Waals surface area contributed by atoms with Crippen molar-refractivity contribution >= 4 is 50.5 Å². The second-order valence-corrected chi connectivity index (χ2v) is 10.6. The minimum Gasteiger partial charge on any atom is -0.456 e. The third-order valence-electron chi connectivity index (χ3n) is 4.52. The molecule has 0 aliphatic rings. The molecule has 1 amide bonds. The number of amides is 1. The van der Waals surface area contributed by atoms with Gasteiger partial charge in [-0.15, -0.1) is 0 Å². The summed E-state index contributed by atoms with van der Waals surface area (Å²) < 4.78 is 70.0. The van der Waals surface area contributed by atoms with Crippen molar-refractivity contribution in [2.24, 2.45) is 0 Å². The zero-order valence-corrected chi connectivity index (χ0v) is 20.5. The van der Waals surface area contributed by atoms with E-state index in [-0.39, 0.29) is 44.0 Å². The van der Waals surface area contributed by atoms with E-state index in [0.717, 1.165) is 12.1 Å². The van der Waals surface area contributed by atoms with Crippen molar-refractivity contribution in [2.45, 2.75) is 12.6 Å². The minimum absolute atomic E-state index is 0.0752. The topological polar surface area (TPSA) is 72.5 Å². The Balaban J connectivity index is 1.73. The zero-order chi connectivity index (χ0) is 26.7. The van der Waals surface area contributed by atoms with Crippen LogP contribution in [0.4, 0.5) is 17.6 Å². The van der Waals surface area contributed by atoms with Gasteiger partial charge in [0.2, 0.25) is 5.91 Å². The van der Waals surface area contributed by atoms with Crippen LogP contribution in [0.3, 0.4) is 0 Å². The molecule has 0 fully saturated rings. The number of nitrogens with one attached hydrogen (secondary N) is 1. The summed E-state index contributed by atoms with van der Waals surface area (Å²) in [6, 6.07) is 13.5. The SMILES string of the molecule is C=S(=O)(CC(F)(F)F)NC(=O)Cc1cc(Cl)cc(Oc2ccc(C(=O)c3ccc(F)cc3)cc2Cl)c1. The Morgan fingerprint density at radius 2 is 1.61 bits per heavy atom. The van der Waals surface area contributed by atoms with E-state index in [1.165, 1.54) is 48.5 Å². The number of alkyl halides is 3. The van der Waals surface area contributed by atoms with Crippen LogP contribution in [-0.2, 0) is 20.9 Å². The molecule has 1 unspecified atom stereocenters. The van der Waals surface area contributed by atoms with Gasteiger partial charge in [-0.25, -0.2) is 8.60 Å². The van der Waals surface area contributed by atoms with Crippen molar-refractivity contribution in [2.75, 3.05) is 5.75 Å². The van der Waals surface area contributed by atoms with Crippen LogP contribution in [0.15, 0.2) is 60.7 Å². The van der Waals surface area contributed by atoms with Gasteiger partial charge in [0.1, 0.15) is 23.1 Å². The maximum Gasteiger partial charge on any atom is 0.401 e. The molecule has 190 valence electrons. The Morgan fingerprint density at radius 1 is 0.972 bits per heavy atom. The summed E-state index contributed by atoms with van der Waals surface area (Å²) in [5.74, 6) is -0.320. The highest BCUT2D eigenvalue weighted by molar-refractivity contribution is 7.99. The fourth-order valence-corrected chi connectivity index (χ4v) is 4.69. The molecule has 36 heavy (non-hydrogen) atoms. The zero-order valence-electron chi connectivity index (χ0n) is 18.2. The van der Waals surface area contributed by atoms with Crippen LogP contribution < -0.4 is 9.46 Å². The van der Waals surface area contributed by atoms with Gasteiger partial charge in [-0.05, 0) is 72.1 Å². The largest absolute Gasteiger partial charge is 0.456 e. The fourth-order valence-electron chi connectivity index (χ4n) is 3.13. The number of ketones is 1. The highest BCUT2D eigenvalue weighted by Crippen LogP contribution is 2.33. The molecule has 1 atom stereocenters. The molecule has 3 aromatic rings. The summed E-state index contributed by atoms with van der Waals surface area (Å²) in [5, 5.41) is 0.228. The van der Waals surface area contributed by atoms with Gasteiger partial charge in [-0.3, -0.25) is 14.3 Å². The van der Waals surface area contributed by atoms with Crippen molar-refractivity contribution < 1.29 is 36.1 Å². The Kier molecular flexibility index (Phi) is 8.33. The molecule has 12 heteroatoms. The van der Waals surface area contributed by atoms with Crippen LogP contribution in [0, 0.1) is 5.82 Å². The van der Waals surface area contributed by atoms with Crippen molar-refractivity contribution in [3.63, 3.8) is 0 Å². The first-order chi connectivity index (χ1) is 16.7. The number of carbonyl (C=O) groups is 2. The first kappa shape index (κ1) is 27.5. The second kappa shape index (κ2) is 10.9. The van der Waals surface area contributed by atoms with Gasteiger partial charge in [-0.1, -0.05) is 23.2 Å². The smallest absolute Gasteiger partial charge is 0.401 e. The van der Waals surface area contributed by atoms with Gasteiger partial charge in [0.15, 0.2) is 5.78 Å². The summed E-state index contributed by atoms with van der Waals surface area (Å²) in [6.45, 7) is 0. The van der Waals surface area contributed by atoms with Gasteiger partial charge in [0.25, 0.3) is 0 Å². The van der Waals surface area contributed by atoms with Crippen LogP contribution >= 0.6 is 23.2 Å². The molecular weight excluding hydrogens is 545 g/mol. The quantitative estimate of drug-likeness (QED) is 0.208. The predicted octanol–water partition coefficient (Wildman–Crippen LogP) is 6.01. The van der Waals surface area contributed by atoms with E-state index in [2.05, 4.69) is 5.87 Å². The monoisotopic (exact) mass is 561 g/mol. The summed E-state index contributed by atoms with van der Waals surface area (Å²) in [6.07, 6.45) is -5.21. The van der Waals surface area contributed by atoms with Gasteiger partial charge < -0.3 is 4.74 Å². The third kappa shape index (κ3) is 7.97. The van der Waals surface area contributed by atoms with E-state index in [1.54, 1.807) is 4.72 Å². The van der Waals surface area contributed by atoms with Crippen LogP contribution in [0.5, 0.6) is 11.5 Å². The first-order valence-electron chi connectivity index (χ1n) is 10.0. The molecule has 0 aliphatic heterocycles. The number of benzene rings is 3.